The van der Waals surface area contributed by atoms with Crippen molar-refractivity contribution in [1.29, 1.82) is 0 Å². The number of hydrogen-bond donors (Lipinski definition) is 1. The van der Waals surface area contributed by atoms with Crippen LogP contribution in [0.4, 0.5) is 11.7 Å². The van der Waals surface area contributed by atoms with Gasteiger partial charge in [0.15, 0.2) is 0 Å². The van der Waals surface area contributed by atoms with Gasteiger partial charge in [-0.1, -0.05) is 22.8 Å². The highest BCUT2D eigenvalue weighted by Gasteiger charge is 2.35. The maximum absolute atomic E-state index is 12.6. The summed E-state index contributed by atoms with van der Waals surface area (Å²) in [5, 5.41) is 11.4. The van der Waals surface area contributed by atoms with Gasteiger partial charge in [-0.25, -0.2) is 4.98 Å². The third-order valence-electron chi connectivity index (χ3n) is 4.59. The largest absolute Gasteiger partial charge is 0.402 e. The van der Waals surface area contributed by atoms with Gasteiger partial charge in [0, 0.05) is 18.7 Å². The maximum atomic E-state index is 12.6. The molecule has 0 saturated carbocycles. The van der Waals surface area contributed by atoms with Crippen LogP contribution < -0.4 is 10.2 Å². The van der Waals surface area contributed by atoms with E-state index in [0.717, 1.165) is 26.8 Å². The molecular formula is C19H19N5O3S. The quantitative estimate of drug-likeness (QED) is 0.726. The lowest BCUT2D eigenvalue weighted by Gasteiger charge is -2.16. The summed E-state index contributed by atoms with van der Waals surface area (Å²) in [6, 6.07) is 7.68. The molecule has 1 aliphatic heterocycles. The molecule has 0 spiro atoms. The highest BCUT2D eigenvalue weighted by molar-refractivity contribution is 7.15. The lowest BCUT2D eigenvalue weighted by Crippen LogP contribution is -2.28. The second-order valence-corrected chi connectivity index (χ2v) is 7.99. The third-order valence-corrected chi connectivity index (χ3v) is 5.66. The molecule has 0 bridgehead atoms. The Labute approximate surface area is 165 Å². The number of carbonyl (C=O) groups is 2. The van der Waals surface area contributed by atoms with E-state index in [4.69, 9.17) is 4.42 Å². The topological polar surface area (TPSA) is 101 Å². The monoisotopic (exact) mass is 397 g/mol. The minimum Gasteiger partial charge on any atom is -0.402 e. The average Bonchev–Trinajstić information content (AvgIpc) is 3.35. The number of amides is 2. The number of nitrogens with zero attached hydrogens (tertiary/aromatic N) is 4. The molecule has 8 nitrogen and oxygen atoms in total. The fourth-order valence-corrected chi connectivity index (χ4v) is 4.00. The van der Waals surface area contributed by atoms with Crippen molar-refractivity contribution >= 4 is 34.9 Å². The number of aromatic nitrogens is 3. The predicted octanol–water partition coefficient (Wildman–Crippen LogP) is 3.11. The Hall–Kier alpha value is -3.07. The zero-order chi connectivity index (χ0) is 19.8. The highest BCUT2D eigenvalue weighted by atomic mass is 32.1. The molecule has 4 rings (SSSR count). The second kappa shape index (κ2) is 7.16. The smallest absolute Gasteiger partial charge is 0.322 e. The van der Waals surface area contributed by atoms with E-state index >= 15 is 0 Å². The molecule has 1 saturated heterocycles. The first kappa shape index (κ1) is 18.3. The number of aryl methyl sites for hydroxylation is 3. The SMILES string of the molecule is Cc1ccc(N2CC(C(=O)Nc3nnc(-c4sc(C)nc4C)o3)CC2=O)cc1. The molecule has 0 aliphatic carbocycles. The normalized spacial score (nSPS) is 16.6. The van der Waals surface area contributed by atoms with Crippen LogP contribution in [-0.4, -0.2) is 33.5 Å². The van der Waals surface area contributed by atoms with Crippen LogP contribution in [0.3, 0.4) is 0 Å². The number of benzene rings is 1. The van der Waals surface area contributed by atoms with Gasteiger partial charge in [-0.15, -0.1) is 16.4 Å². The summed E-state index contributed by atoms with van der Waals surface area (Å²) >= 11 is 1.45. The lowest BCUT2D eigenvalue weighted by molar-refractivity contribution is -0.122. The van der Waals surface area contributed by atoms with E-state index in [2.05, 4.69) is 20.5 Å². The number of rotatable bonds is 4. The highest BCUT2D eigenvalue weighted by Crippen LogP contribution is 2.30. The first-order valence-electron chi connectivity index (χ1n) is 8.86. The average molecular weight is 397 g/mol. The Morgan fingerprint density at radius 2 is 1.96 bits per heavy atom. The summed E-state index contributed by atoms with van der Waals surface area (Å²) in [5.41, 5.74) is 2.71. The van der Waals surface area contributed by atoms with E-state index in [0.29, 0.717) is 12.4 Å². The van der Waals surface area contributed by atoms with Crippen molar-refractivity contribution < 1.29 is 14.0 Å². The number of nitrogens with one attached hydrogen (secondary N) is 1. The van der Waals surface area contributed by atoms with Crippen LogP contribution in [0.2, 0.25) is 0 Å². The molecular weight excluding hydrogens is 378 g/mol. The number of hydrogen-bond acceptors (Lipinski definition) is 7. The minimum absolute atomic E-state index is 0.0201. The van der Waals surface area contributed by atoms with Gasteiger partial charge < -0.3 is 9.32 Å². The molecule has 1 aromatic carbocycles. The molecule has 3 aromatic rings. The first-order valence-corrected chi connectivity index (χ1v) is 9.68. The van der Waals surface area contributed by atoms with E-state index in [1.807, 2.05) is 45.0 Å². The van der Waals surface area contributed by atoms with E-state index in [-0.39, 0.29) is 24.2 Å². The molecule has 144 valence electrons. The Morgan fingerprint density at radius 1 is 1.21 bits per heavy atom. The van der Waals surface area contributed by atoms with Crippen LogP contribution in [0.15, 0.2) is 28.7 Å². The molecule has 3 heterocycles. The molecule has 1 N–H and O–H groups in total. The second-order valence-electron chi connectivity index (χ2n) is 6.79. The minimum atomic E-state index is -0.475. The van der Waals surface area contributed by atoms with Gasteiger partial charge in [0.1, 0.15) is 4.88 Å². The summed E-state index contributed by atoms with van der Waals surface area (Å²) in [6.07, 6.45) is 0.147. The Kier molecular flexibility index (Phi) is 4.68. The van der Waals surface area contributed by atoms with E-state index in [1.54, 1.807) is 4.90 Å². The molecule has 1 atom stereocenters. The molecule has 9 heteroatoms. The Morgan fingerprint density at radius 3 is 2.64 bits per heavy atom. The summed E-state index contributed by atoms with van der Waals surface area (Å²) in [6.45, 7) is 6.07. The van der Waals surface area contributed by atoms with E-state index < -0.39 is 5.92 Å². The van der Waals surface area contributed by atoms with Gasteiger partial charge >= 0.3 is 6.01 Å². The summed E-state index contributed by atoms with van der Waals surface area (Å²) in [5.74, 6) is -0.542. The van der Waals surface area contributed by atoms with E-state index in [1.165, 1.54) is 11.3 Å². The molecule has 0 radical (unpaired) electrons. The van der Waals surface area contributed by atoms with Gasteiger partial charge in [-0.2, -0.15) is 0 Å². The van der Waals surface area contributed by atoms with Crippen LogP contribution in [0.5, 0.6) is 0 Å². The van der Waals surface area contributed by atoms with Crippen LogP contribution >= 0.6 is 11.3 Å². The van der Waals surface area contributed by atoms with Crippen molar-refractivity contribution in [2.75, 3.05) is 16.8 Å². The van der Waals surface area contributed by atoms with Gasteiger partial charge in [0.25, 0.3) is 5.89 Å². The van der Waals surface area contributed by atoms with Gasteiger partial charge in [0.05, 0.1) is 16.6 Å². The Bertz CT molecular complexity index is 1040. The van der Waals surface area contributed by atoms with Crippen LogP contribution in [0.25, 0.3) is 10.8 Å². The van der Waals surface area contributed by atoms with Crippen LogP contribution in [-0.2, 0) is 9.59 Å². The molecule has 1 fully saturated rings. The van der Waals surface area contributed by atoms with Gasteiger partial charge in [-0.3, -0.25) is 14.9 Å². The van der Waals surface area contributed by atoms with Gasteiger partial charge in [-0.05, 0) is 32.9 Å². The van der Waals surface area contributed by atoms with Crippen molar-refractivity contribution in [3.63, 3.8) is 0 Å². The van der Waals surface area contributed by atoms with Crippen molar-refractivity contribution in [2.45, 2.75) is 27.2 Å². The molecule has 28 heavy (non-hydrogen) atoms. The van der Waals surface area contributed by atoms with Crippen molar-refractivity contribution in [2.24, 2.45) is 5.92 Å². The molecule has 1 aliphatic rings. The maximum Gasteiger partial charge on any atom is 0.322 e. The number of thiazole rings is 1. The van der Waals surface area contributed by atoms with Crippen molar-refractivity contribution in [3.8, 4) is 10.8 Å². The number of carbonyl (C=O) groups excluding carboxylic acids is 2. The Balaban J connectivity index is 1.44. The fraction of sp³-hybridized carbons (Fsp3) is 0.316. The van der Waals surface area contributed by atoms with Crippen molar-refractivity contribution in [3.05, 3.63) is 40.5 Å². The van der Waals surface area contributed by atoms with E-state index in [9.17, 15) is 9.59 Å². The summed E-state index contributed by atoms with van der Waals surface area (Å²) < 4.78 is 5.56. The van der Waals surface area contributed by atoms with Crippen molar-refractivity contribution in [1.82, 2.24) is 15.2 Å². The third kappa shape index (κ3) is 3.53. The first-order chi connectivity index (χ1) is 13.4. The standard InChI is InChI=1S/C19H19N5O3S/c1-10-4-6-14(7-5-10)24-9-13(8-15(24)25)17(26)21-19-23-22-18(27-19)16-11(2)20-12(3)28-16/h4-7,13H,8-9H2,1-3H3,(H,21,23,26). The van der Waals surface area contributed by atoms with Crippen LogP contribution in [0.1, 0.15) is 22.7 Å². The lowest BCUT2D eigenvalue weighted by atomic mass is 10.1. The van der Waals surface area contributed by atoms with Gasteiger partial charge in [0.2, 0.25) is 11.8 Å². The van der Waals surface area contributed by atoms with Crippen LogP contribution in [0, 0.1) is 26.7 Å². The summed E-state index contributed by atoms with van der Waals surface area (Å²) in [4.78, 5) is 31.7. The molecule has 1 unspecified atom stereocenters. The zero-order valence-corrected chi connectivity index (χ0v) is 16.5. The summed E-state index contributed by atoms with van der Waals surface area (Å²) in [7, 11) is 0. The predicted molar refractivity (Wildman–Crippen MR) is 105 cm³/mol. The zero-order valence-electron chi connectivity index (χ0n) is 15.7. The number of anilines is 2. The molecule has 2 amide bonds. The molecule has 2 aromatic heterocycles. The fourth-order valence-electron chi connectivity index (χ4n) is 3.16.